The molecule has 6 nitrogen and oxygen atoms in total. The first-order chi connectivity index (χ1) is 11.2. The number of halogens is 1. The third kappa shape index (κ3) is 5.44. The van der Waals surface area contributed by atoms with Crippen LogP contribution in [0.4, 0.5) is 0 Å². The molecule has 0 radical (unpaired) electrons. The van der Waals surface area contributed by atoms with Crippen molar-refractivity contribution in [1.82, 2.24) is 20.5 Å². The molecule has 0 saturated heterocycles. The van der Waals surface area contributed by atoms with Gasteiger partial charge >= 0.3 is 0 Å². The van der Waals surface area contributed by atoms with Gasteiger partial charge in [-0.15, -0.1) is 5.10 Å². The van der Waals surface area contributed by atoms with Gasteiger partial charge in [-0.3, -0.25) is 9.89 Å². The monoisotopic (exact) mass is 352 g/mol. The molecule has 1 aromatic carbocycles. The van der Waals surface area contributed by atoms with E-state index in [4.69, 9.17) is 16.3 Å². The summed E-state index contributed by atoms with van der Waals surface area (Å²) in [6.45, 7) is 1.07. The second-order valence-electron chi connectivity index (χ2n) is 5.34. The highest BCUT2D eigenvalue weighted by molar-refractivity contribution is 7.99. The molecular weight excluding hydrogens is 336 g/mol. The van der Waals surface area contributed by atoms with Gasteiger partial charge in [0, 0.05) is 11.6 Å². The summed E-state index contributed by atoms with van der Waals surface area (Å²) in [6.07, 6.45) is 2.46. The smallest absolute Gasteiger partial charge is 0.230 e. The second kappa shape index (κ2) is 7.70. The predicted molar refractivity (Wildman–Crippen MR) is 88.6 cm³/mol. The van der Waals surface area contributed by atoms with Gasteiger partial charge in [0.25, 0.3) is 0 Å². The van der Waals surface area contributed by atoms with E-state index in [0.29, 0.717) is 33.4 Å². The first kappa shape index (κ1) is 16.1. The summed E-state index contributed by atoms with van der Waals surface area (Å²) in [6, 6.07) is 7.11. The van der Waals surface area contributed by atoms with Crippen molar-refractivity contribution >= 4 is 29.3 Å². The van der Waals surface area contributed by atoms with Crippen molar-refractivity contribution in [2.24, 2.45) is 5.92 Å². The van der Waals surface area contributed by atoms with E-state index >= 15 is 0 Å². The molecule has 1 aliphatic carbocycles. The van der Waals surface area contributed by atoms with E-state index in [1.165, 1.54) is 24.6 Å². The van der Waals surface area contributed by atoms with Crippen LogP contribution in [0, 0.1) is 5.92 Å². The second-order valence-corrected chi connectivity index (χ2v) is 6.72. The number of ether oxygens (including phenoxy) is 1. The number of H-pyrrole nitrogens is 1. The number of carbonyl (C=O) groups excluding carboxylic acids is 1. The quantitative estimate of drug-likeness (QED) is 0.714. The summed E-state index contributed by atoms with van der Waals surface area (Å²) in [5.41, 5.74) is 0. The number of amides is 1. The van der Waals surface area contributed by atoms with Crippen LogP contribution < -0.4 is 10.1 Å². The Balaban J connectivity index is 1.40. The van der Waals surface area contributed by atoms with Crippen LogP contribution >= 0.6 is 23.4 Å². The van der Waals surface area contributed by atoms with E-state index in [-0.39, 0.29) is 12.5 Å². The molecule has 0 unspecified atom stereocenters. The van der Waals surface area contributed by atoms with Crippen molar-refractivity contribution in [3.05, 3.63) is 35.1 Å². The largest absolute Gasteiger partial charge is 0.486 e. The summed E-state index contributed by atoms with van der Waals surface area (Å²) in [5, 5.41) is 11.0. The maximum absolute atomic E-state index is 11.7. The van der Waals surface area contributed by atoms with Gasteiger partial charge in [0.15, 0.2) is 5.82 Å². The van der Waals surface area contributed by atoms with Crippen molar-refractivity contribution in [2.75, 3.05) is 12.3 Å². The Kier molecular flexibility index (Phi) is 5.40. The fourth-order valence-corrected chi connectivity index (χ4v) is 2.62. The van der Waals surface area contributed by atoms with Crippen LogP contribution in [0.5, 0.6) is 5.75 Å². The molecule has 1 fully saturated rings. The lowest BCUT2D eigenvalue weighted by Crippen LogP contribution is -2.27. The minimum absolute atomic E-state index is 0.0191. The maximum atomic E-state index is 11.7. The van der Waals surface area contributed by atoms with E-state index in [0.717, 1.165) is 6.54 Å². The van der Waals surface area contributed by atoms with Gasteiger partial charge in [0.05, 0.1) is 5.75 Å². The molecule has 0 atom stereocenters. The molecule has 122 valence electrons. The molecule has 0 aliphatic heterocycles. The van der Waals surface area contributed by atoms with E-state index in [1.54, 1.807) is 24.3 Å². The molecule has 2 aromatic rings. The van der Waals surface area contributed by atoms with E-state index < -0.39 is 0 Å². The normalized spacial score (nSPS) is 13.8. The zero-order chi connectivity index (χ0) is 16.1. The summed E-state index contributed by atoms with van der Waals surface area (Å²) < 4.78 is 5.58. The van der Waals surface area contributed by atoms with Crippen molar-refractivity contribution in [3.8, 4) is 5.75 Å². The zero-order valence-electron chi connectivity index (χ0n) is 12.4. The maximum Gasteiger partial charge on any atom is 0.230 e. The minimum atomic E-state index is 0.0191. The first-order valence-corrected chi connectivity index (χ1v) is 8.74. The van der Waals surface area contributed by atoms with Crippen LogP contribution in [0.15, 0.2) is 29.4 Å². The van der Waals surface area contributed by atoms with Crippen molar-refractivity contribution in [2.45, 2.75) is 24.6 Å². The minimum Gasteiger partial charge on any atom is -0.486 e. The number of hydrogen-bond donors (Lipinski definition) is 2. The summed E-state index contributed by atoms with van der Waals surface area (Å²) in [5.74, 6) is 2.34. The molecule has 23 heavy (non-hydrogen) atoms. The molecule has 8 heteroatoms. The Morgan fingerprint density at radius 3 is 2.91 bits per heavy atom. The number of nitrogens with one attached hydrogen (secondary N) is 2. The van der Waals surface area contributed by atoms with Crippen molar-refractivity contribution < 1.29 is 9.53 Å². The van der Waals surface area contributed by atoms with E-state index in [9.17, 15) is 4.79 Å². The number of rotatable bonds is 8. The molecular formula is C15H17ClN4O2S. The molecule has 1 amide bonds. The van der Waals surface area contributed by atoms with Crippen LogP contribution in [0.25, 0.3) is 0 Å². The van der Waals surface area contributed by atoms with Gasteiger partial charge in [0.2, 0.25) is 11.1 Å². The third-order valence-corrected chi connectivity index (χ3v) is 4.42. The van der Waals surface area contributed by atoms with E-state index in [1.807, 2.05) is 0 Å². The molecule has 3 rings (SSSR count). The van der Waals surface area contributed by atoms with Gasteiger partial charge in [-0.2, -0.15) is 0 Å². The molecule has 1 aliphatic rings. The van der Waals surface area contributed by atoms with Gasteiger partial charge in [0.1, 0.15) is 12.4 Å². The average molecular weight is 353 g/mol. The van der Waals surface area contributed by atoms with Crippen LogP contribution in [0.3, 0.4) is 0 Å². The molecule has 1 saturated carbocycles. The Morgan fingerprint density at radius 1 is 1.39 bits per heavy atom. The van der Waals surface area contributed by atoms with Crippen molar-refractivity contribution in [3.63, 3.8) is 0 Å². The number of thioether (sulfide) groups is 1. The molecule has 2 N–H and O–H groups in total. The van der Waals surface area contributed by atoms with Gasteiger partial charge < -0.3 is 10.1 Å². The molecule has 0 spiro atoms. The Labute approximate surface area is 143 Å². The predicted octanol–water partition coefficient (Wildman–Crippen LogP) is 2.66. The first-order valence-electron chi connectivity index (χ1n) is 7.38. The highest BCUT2D eigenvalue weighted by atomic mass is 35.5. The van der Waals surface area contributed by atoms with Crippen molar-refractivity contribution in [1.29, 1.82) is 0 Å². The number of benzene rings is 1. The van der Waals surface area contributed by atoms with Crippen LogP contribution in [-0.2, 0) is 11.4 Å². The third-order valence-electron chi connectivity index (χ3n) is 3.32. The summed E-state index contributed by atoms with van der Waals surface area (Å²) in [7, 11) is 0. The number of hydrogen-bond acceptors (Lipinski definition) is 5. The van der Waals surface area contributed by atoms with Gasteiger partial charge in [-0.25, -0.2) is 4.98 Å². The van der Waals surface area contributed by atoms with Crippen LogP contribution in [-0.4, -0.2) is 33.4 Å². The fourth-order valence-electron chi connectivity index (χ4n) is 1.85. The van der Waals surface area contributed by atoms with Gasteiger partial charge in [-0.05, 0) is 43.0 Å². The lowest BCUT2D eigenvalue weighted by atomic mass is 10.3. The number of aromatic nitrogens is 3. The average Bonchev–Trinajstić information content (AvgIpc) is 3.28. The fraction of sp³-hybridized carbons (Fsp3) is 0.400. The Bertz CT molecular complexity index is 658. The molecule has 1 heterocycles. The molecule has 1 aromatic heterocycles. The summed E-state index contributed by atoms with van der Waals surface area (Å²) >= 11 is 7.12. The Hall–Kier alpha value is -1.73. The van der Waals surface area contributed by atoms with Crippen LogP contribution in [0.1, 0.15) is 18.7 Å². The number of carbonyl (C=O) groups is 1. The number of aromatic amines is 1. The zero-order valence-corrected chi connectivity index (χ0v) is 14.0. The number of nitrogens with zero attached hydrogens (tertiary/aromatic N) is 2. The Morgan fingerprint density at radius 2 is 2.17 bits per heavy atom. The van der Waals surface area contributed by atoms with Crippen LogP contribution in [0.2, 0.25) is 5.02 Å². The topological polar surface area (TPSA) is 79.9 Å². The lowest BCUT2D eigenvalue weighted by Gasteiger charge is -2.03. The van der Waals surface area contributed by atoms with E-state index in [2.05, 4.69) is 20.5 Å². The standard InChI is InChI=1S/C15H17ClN4O2S/c16-11-3-5-12(6-4-11)22-8-13-18-15(20-19-13)23-9-14(21)17-7-10-1-2-10/h3-6,10H,1-2,7-9H2,(H,17,21)(H,18,19,20). The highest BCUT2D eigenvalue weighted by Crippen LogP contribution is 2.27. The lowest BCUT2D eigenvalue weighted by molar-refractivity contribution is -0.118. The summed E-state index contributed by atoms with van der Waals surface area (Å²) in [4.78, 5) is 15.9. The molecule has 0 bridgehead atoms. The highest BCUT2D eigenvalue weighted by Gasteiger charge is 2.21. The SMILES string of the molecule is O=C(CSc1n[nH]c(COc2ccc(Cl)cc2)n1)NCC1CC1. The van der Waals surface area contributed by atoms with Gasteiger partial charge in [-0.1, -0.05) is 23.4 Å².